The van der Waals surface area contributed by atoms with Crippen LogP contribution in [0.25, 0.3) is 0 Å². The van der Waals surface area contributed by atoms with E-state index < -0.39 is 17.6 Å². The maximum atomic E-state index is 12.8. The van der Waals surface area contributed by atoms with Crippen LogP contribution in [0, 0.1) is 11.3 Å². The average molecular weight is 372 g/mol. The number of halogens is 3. The lowest BCUT2D eigenvalue weighted by Gasteiger charge is -2.11. The monoisotopic (exact) mass is 372 g/mol. The number of rotatable bonds is 3. The van der Waals surface area contributed by atoms with E-state index in [0.29, 0.717) is 0 Å². The summed E-state index contributed by atoms with van der Waals surface area (Å²) in [5, 5.41) is 12.6. The molecule has 136 valence electrons. The molecule has 3 aromatic rings. The Bertz CT molecular complexity index is 1050. The molecule has 0 amide bonds. The van der Waals surface area contributed by atoms with Crippen molar-refractivity contribution >= 4 is 11.7 Å². The zero-order valence-electron chi connectivity index (χ0n) is 13.6. The van der Waals surface area contributed by atoms with Crippen LogP contribution in [0.2, 0.25) is 0 Å². The van der Waals surface area contributed by atoms with Gasteiger partial charge in [0.2, 0.25) is 0 Å². The van der Waals surface area contributed by atoms with Crippen LogP contribution in [0.15, 0.2) is 54.7 Å². The number of nitrogen functional groups attached to an aromatic ring is 1. The molecule has 1 heterocycles. The summed E-state index contributed by atoms with van der Waals surface area (Å²) in [6, 6.07) is 12.0. The summed E-state index contributed by atoms with van der Waals surface area (Å²) in [5.41, 5.74) is 5.04. The van der Waals surface area contributed by atoms with Gasteiger partial charge in [-0.1, -0.05) is 12.1 Å². The summed E-state index contributed by atoms with van der Waals surface area (Å²) < 4.78 is 44.7. The van der Waals surface area contributed by atoms with Gasteiger partial charge in [0.15, 0.2) is 0 Å². The molecule has 2 aromatic carbocycles. The number of hydrogen-bond donors (Lipinski definition) is 1. The van der Waals surface area contributed by atoms with Crippen LogP contribution in [-0.4, -0.2) is 15.7 Å². The minimum Gasteiger partial charge on any atom is -0.457 e. The van der Waals surface area contributed by atoms with E-state index in [1.165, 1.54) is 36.4 Å². The molecule has 0 radical (unpaired) electrons. The highest BCUT2D eigenvalue weighted by molar-refractivity contribution is 5.97. The van der Waals surface area contributed by atoms with Gasteiger partial charge in [-0.3, -0.25) is 4.79 Å². The molecule has 0 aliphatic carbocycles. The summed E-state index contributed by atoms with van der Waals surface area (Å²) >= 11 is 0. The highest BCUT2D eigenvalue weighted by Gasteiger charge is 2.30. The van der Waals surface area contributed by atoms with Gasteiger partial charge in [-0.15, -0.1) is 0 Å². The maximum Gasteiger partial charge on any atom is 0.416 e. The van der Waals surface area contributed by atoms with Crippen LogP contribution >= 0.6 is 0 Å². The summed E-state index contributed by atoms with van der Waals surface area (Å²) in [4.78, 5) is 12.5. The van der Waals surface area contributed by atoms with Gasteiger partial charge >= 0.3 is 6.18 Å². The van der Waals surface area contributed by atoms with E-state index in [1.54, 1.807) is 6.07 Å². The first-order valence-electron chi connectivity index (χ1n) is 7.53. The van der Waals surface area contributed by atoms with Crippen molar-refractivity contribution in [3.63, 3.8) is 0 Å². The largest absolute Gasteiger partial charge is 0.457 e. The number of anilines is 1. The molecule has 0 saturated heterocycles. The molecule has 6 nitrogen and oxygen atoms in total. The van der Waals surface area contributed by atoms with Crippen molar-refractivity contribution in [3.8, 4) is 17.6 Å². The average Bonchev–Trinajstić information content (AvgIpc) is 3.01. The number of aromatic nitrogens is 2. The van der Waals surface area contributed by atoms with Crippen molar-refractivity contribution in [3.05, 3.63) is 71.4 Å². The third-order valence-electron chi connectivity index (χ3n) is 3.60. The van der Waals surface area contributed by atoms with Crippen LogP contribution in [0.1, 0.15) is 21.5 Å². The zero-order valence-corrected chi connectivity index (χ0v) is 13.6. The van der Waals surface area contributed by atoms with Crippen molar-refractivity contribution in [1.29, 1.82) is 5.26 Å². The predicted molar refractivity (Wildman–Crippen MR) is 89.0 cm³/mol. The third kappa shape index (κ3) is 3.74. The third-order valence-corrected chi connectivity index (χ3v) is 3.60. The van der Waals surface area contributed by atoms with E-state index in [1.807, 2.05) is 0 Å². The summed E-state index contributed by atoms with van der Waals surface area (Å²) in [5.74, 6) is -0.582. The van der Waals surface area contributed by atoms with Crippen molar-refractivity contribution in [2.75, 3.05) is 5.73 Å². The number of carbonyl (C=O) groups excluding carboxylic acids is 1. The fraction of sp³-hybridized carbons (Fsp3) is 0.0556. The Morgan fingerprint density at radius 1 is 1.15 bits per heavy atom. The second-order valence-corrected chi connectivity index (χ2v) is 5.43. The van der Waals surface area contributed by atoms with E-state index in [-0.39, 0.29) is 28.4 Å². The Morgan fingerprint density at radius 3 is 2.44 bits per heavy atom. The van der Waals surface area contributed by atoms with Crippen LogP contribution in [0.3, 0.4) is 0 Å². The quantitative estimate of drug-likeness (QED) is 0.754. The molecule has 27 heavy (non-hydrogen) atoms. The molecule has 0 saturated carbocycles. The summed E-state index contributed by atoms with van der Waals surface area (Å²) in [6.45, 7) is 0. The molecule has 9 heteroatoms. The fourth-order valence-corrected chi connectivity index (χ4v) is 2.29. The molecular weight excluding hydrogens is 361 g/mol. The summed E-state index contributed by atoms with van der Waals surface area (Å²) in [6.07, 6.45) is -3.33. The number of nitriles is 1. The first kappa shape index (κ1) is 18.0. The van der Waals surface area contributed by atoms with Gasteiger partial charge in [0.1, 0.15) is 28.9 Å². The lowest BCUT2D eigenvalue weighted by atomic mass is 10.2. The molecule has 0 bridgehead atoms. The number of nitrogens with two attached hydrogens (primary N) is 1. The highest BCUT2D eigenvalue weighted by Crippen LogP contribution is 2.32. The fourth-order valence-electron chi connectivity index (χ4n) is 2.29. The number of alkyl halides is 3. The Balaban J connectivity index is 1.87. The van der Waals surface area contributed by atoms with Gasteiger partial charge < -0.3 is 10.5 Å². The van der Waals surface area contributed by atoms with E-state index in [2.05, 4.69) is 5.10 Å². The topological polar surface area (TPSA) is 93.9 Å². The van der Waals surface area contributed by atoms with Crippen molar-refractivity contribution in [2.24, 2.45) is 0 Å². The Morgan fingerprint density at radius 2 is 1.81 bits per heavy atom. The van der Waals surface area contributed by atoms with Crippen molar-refractivity contribution < 1.29 is 22.7 Å². The normalized spacial score (nSPS) is 11.0. The molecule has 2 N–H and O–H groups in total. The zero-order chi connectivity index (χ0) is 19.6. The highest BCUT2D eigenvalue weighted by atomic mass is 19.4. The minimum atomic E-state index is -4.49. The summed E-state index contributed by atoms with van der Waals surface area (Å²) in [7, 11) is 0. The number of ether oxygens (including phenoxy) is 1. The Labute approximate surface area is 151 Å². The Kier molecular flexibility index (Phi) is 4.56. The molecule has 0 spiro atoms. The molecule has 0 atom stereocenters. The second kappa shape index (κ2) is 6.84. The lowest BCUT2D eigenvalue weighted by Crippen LogP contribution is -2.16. The molecule has 0 aliphatic heterocycles. The second-order valence-electron chi connectivity index (χ2n) is 5.43. The van der Waals surface area contributed by atoms with Gasteiger partial charge in [0, 0.05) is 5.56 Å². The van der Waals surface area contributed by atoms with Crippen molar-refractivity contribution in [2.45, 2.75) is 6.18 Å². The predicted octanol–water partition coefficient (Wildman–Crippen LogP) is 3.84. The van der Waals surface area contributed by atoms with Crippen molar-refractivity contribution in [1.82, 2.24) is 9.78 Å². The maximum absolute atomic E-state index is 12.8. The standard InChI is InChI=1S/C18H11F3N4O2/c19-18(20,21)13-4-2-6-15(8-13)27-14-5-1-3-11(7-14)17(26)25-16(23)12(9-22)10-24-25/h1-8,10H,23H2. The number of nitrogens with zero attached hydrogens (tertiary/aromatic N) is 3. The lowest BCUT2D eigenvalue weighted by molar-refractivity contribution is -0.137. The van der Waals surface area contributed by atoms with Crippen LogP contribution in [0.5, 0.6) is 11.5 Å². The SMILES string of the molecule is N#Cc1cnn(C(=O)c2cccc(Oc3cccc(C(F)(F)F)c3)c2)c1N. The van der Waals surface area contributed by atoms with E-state index in [4.69, 9.17) is 15.7 Å². The first-order chi connectivity index (χ1) is 12.8. The van der Waals surface area contributed by atoms with Gasteiger partial charge in [0.25, 0.3) is 5.91 Å². The molecule has 0 aliphatic rings. The molecule has 0 unspecified atom stereocenters. The van der Waals surface area contributed by atoms with Gasteiger partial charge in [0.05, 0.1) is 11.8 Å². The van der Waals surface area contributed by atoms with Crippen LogP contribution in [-0.2, 0) is 6.18 Å². The molecule has 0 fully saturated rings. The Hall–Kier alpha value is -3.80. The smallest absolute Gasteiger partial charge is 0.416 e. The van der Waals surface area contributed by atoms with Gasteiger partial charge in [-0.05, 0) is 36.4 Å². The number of benzene rings is 2. The van der Waals surface area contributed by atoms with E-state index >= 15 is 0 Å². The van der Waals surface area contributed by atoms with E-state index in [9.17, 15) is 18.0 Å². The molecular formula is C18H11F3N4O2. The molecule has 1 aromatic heterocycles. The van der Waals surface area contributed by atoms with E-state index in [0.717, 1.165) is 23.0 Å². The van der Waals surface area contributed by atoms with Crippen LogP contribution in [0.4, 0.5) is 19.0 Å². The number of hydrogen-bond acceptors (Lipinski definition) is 5. The minimum absolute atomic E-state index is 0.0280. The number of carbonyl (C=O) groups is 1. The van der Waals surface area contributed by atoms with Gasteiger partial charge in [-0.2, -0.15) is 28.2 Å². The van der Waals surface area contributed by atoms with Gasteiger partial charge in [-0.25, -0.2) is 0 Å². The van der Waals surface area contributed by atoms with Crippen LogP contribution < -0.4 is 10.5 Å². The molecule has 3 rings (SSSR count). The first-order valence-corrected chi connectivity index (χ1v) is 7.53.